The zero-order valence-corrected chi connectivity index (χ0v) is 17.1. The topological polar surface area (TPSA) is 53.7 Å². The van der Waals surface area contributed by atoms with Gasteiger partial charge in [-0.1, -0.05) is 12.1 Å². The Hall–Kier alpha value is -3.58. The maximum absolute atomic E-state index is 13.2. The summed E-state index contributed by atoms with van der Waals surface area (Å²) in [5.41, 5.74) is 4.57. The number of nitrogens with zero attached hydrogens (tertiary/aromatic N) is 5. The predicted octanol–water partition coefficient (Wildman–Crippen LogP) is 3.66. The normalized spacial score (nSPS) is 17.2. The molecule has 1 unspecified atom stereocenters. The molecule has 7 heteroatoms. The number of piperazine rings is 1. The van der Waals surface area contributed by atoms with Crippen molar-refractivity contribution in [2.45, 2.75) is 6.04 Å². The number of pyridine rings is 2. The van der Waals surface area contributed by atoms with Crippen LogP contribution in [0, 0.1) is 5.82 Å². The van der Waals surface area contributed by atoms with Crippen molar-refractivity contribution in [2.75, 3.05) is 26.7 Å². The van der Waals surface area contributed by atoms with Gasteiger partial charge < -0.3 is 9.30 Å². The van der Waals surface area contributed by atoms with Crippen LogP contribution in [0.3, 0.4) is 0 Å². The molecule has 1 amide bonds. The molecule has 0 aliphatic carbocycles. The smallest absolute Gasteiger partial charge is 0.253 e. The summed E-state index contributed by atoms with van der Waals surface area (Å²) in [4.78, 5) is 25.9. The first-order valence-corrected chi connectivity index (χ1v) is 10.2. The Kier molecular flexibility index (Phi) is 4.95. The SMILES string of the molecule is CN1CCN(C(=O)c2ccc(F)cc2)CC1c1ncn2cc(-c3cccnc3)ccc12. The van der Waals surface area contributed by atoms with Gasteiger partial charge in [0, 0.05) is 49.4 Å². The van der Waals surface area contributed by atoms with Crippen LogP contribution < -0.4 is 0 Å². The molecule has 156 valence electrons. The van der Waals surface area contributed by atoms with Crippen molar-refractivity contribution >= 4 is 11.4 Å². The van der Waals surface area contributed by atoms with Crippen LogP contribution in [0.4, 0.5) is 4.39 Å². The number of aromatic nitrogens is 3. The molecular formula is C24H22FN5O. The third kappa shape index (κ3) is 3.68. The van der Waals surface area contributed by atoms with Gasteiger partial charge in [-0.25, -0.2) is 9.37 Å². The number of halogens is 1. The highest BCUT2D eigenvalue weighted by atomic mass is 19.1. The van der Waals surface area contributed by atoms with E-state index in [1.165, 1.54) is 24.3 Å². The summed E-state index contributed by atoms with van der Waals surface area (Å²) in [6.07, 6.45) is 7.47. The van der Waals surface area contributed by atoms with E-state index in [2.05, 4.69) is 29.1 Å². The number of carbonyl (C=O) groups is 1. The van der Waals surface area contributed by atoms with Crippen molar-refractivity contribution < 1.29 is 9.18 Å². The molecule has 4 aromatic rings. The molecule has 0 radical (unpaired) electrons. The molecule has 1 aromatic carbocycles. The molecule has 1 aliphatic rings. The fraction of sp³-hybridized carbons (Fsp3) is 0.208. The fourth-order valence-electron chi connectivity index (χ4n) is 4.11. The molecule has 5 rings (SSSR count). The van der Waals surface area contributed by atoms with Gasteiger partial charge in [-0.15, -0.1) is 0 Å². The Bertz CT molecular complexity index is 1220. The average molecular weight is 415 g/mol. The molecule has 0 N–H and O–H groups in total. The lowest BCUT2D eigenvalue weighted by atomic mass is 10.1. The van der Waals surface area contributed by atoms with Crippen LogP contribution in [-0.4, -0.2) is 56.8 Å². The average Bonchev–Trinajstić information content (AvgIpc) is 3.23. The fourth-order valence-corrected chi connectivity index (χ4v) is 4.11. The number of fused-ring (bicyclic) bond motifs is 1. The third-order valence-electron chi connectivity index (χ3n) is 5.90. The molecule has 4 heterocycles. The van der Waals surface area contributed by atoms with E-state index in [4.69, 9.17) is 4.98 Å². The highest BCUT2D eigenvalue weighted by molar-refractivity contribution is 5.94. The van der Waals surface area contributed by atoms with E-state index in [0.717, 1.165) is 28.9 Å². The van der Waals surface area contributed by atoms with Crippen LogP contribution in [0.1, 0.15) is 22.1 Å². The first-order chi connectivity index (χ1) is 15.1. The van der Waals surface area contributed by atoms with Crippen molar-refractivity contribution in [3.63, 3.8) is 0 Å². The van der Waals surface area contributed by atoms with Crippen LogP contribution >= 0.6 is 0 Å². The summed E-state index contributed by atoms with van der Waals surface area (Å²) in [6, 6.07) is 13.8. The second-order valence-electron chi connectivity index (χ2n) is 7.84. The molecule has 1 aliphatic heterocycles. The minimum Gasteiger partial charge on any atom is -0.335 e. The van der Waals surface area contributed by atoms with Crippen LogP contribution in [0.25, 0.3) is 16.6 Å². The number of benzene rings is 1. The Labute approximate surface area is 179 Å². The first-order valence-electron chi connectivity index (χ1n) is 10.2. The monoisotopic (exact) mass is 415 g/mol. The van der Waals surface area contributed by atoms with E-state index in [1.54, 1.807) is 6.20 Å². The Morgan fingerprint density at radius 2 is 1.90 bits per heavy atom. The van der Waals surface area contributed by atoms with E-state index in [1.807, 2.05) is 40.2 Å². The number of amides is 1. The molecule has 1 atom stereocenters. The van der Waals surface area contributed by atoms with Gasteiger partial charge in [0.15, 0.2) is 0 Å². The summed E-state index contributed by atoms with van der Waals surface area (Å²) in [7, 11) is 2.06. The van der Waals surface area contributed by atoms with Crippen molar-refractivity contribution in [1.82, 2.24) is 24.2 Å². The minimum absolute atomic E-state index is 0.0209. The lowest BCUT2D eigenvalue weighted by Gasteiger charge is -2.39. The van der Waals surface area contributed by atoms with E-state index >= 15 is 0 Å². The van der Waals surface area contributed by atoms with E-state index in [0.29, 0.717) is 18.7 Å². The highest BCUT2D eigenvalue weighted by Crippen LogP contribution is 2.29. The number of imidazole rings is 1. The van der Waals surface area contributed by atoms with E-state index in [9.17, 15) is 9.18 Å². The van der Waals surface area contributed by atoms with Crippen molar-refractivity contribution in [1.29, 1.82) is 0 Å². The van der Waals surface area contributed by atoms with Gasteiger partial charge in [-0.05, 0) is 49.0 Å². The summed E-state index contributed by atoms with van der Waals surface area (Å²) in [5, 5.41) is 0. The van der Waals surface area contributed by atoms with Gasteiger partial charge in [0.05, 0.1) is 23.6 Å². The second kappa shape index (κ2) is 7.92. The molecule has 3 aromatic heterocycles. The summed E-state index contributed by atoms with van der Waals surface area (Å²) in [6.45, 7) is 1.90. The highest BCUT2D eigenvalue weighted by Gasteiger charge is 2.31. The summed E-state index contributed by atoms with van der Waals surface area (Å²) < 4.78 is 15.3. The molecular weight excluding hydrogens is 393 g/mol. The van der Waals surface area contributed by atoms with Gasteiger partial charge >= 0.3 is 0 Å². The molecule has 1 saturated heterocycles. The Morgan fingerprint density at radius 3 is 2.68 bits per heavy atom. The summed E-state index contributed by atoms with van der Waals surface area (Å²) in [5.74, 6) is -0.427. The van der Waals surface area contributed by atoms with Gasteiger partial charge in [0.2, 0.25) is 0 Å². The lowest BCUT2D eigenvalue weighted by molar-refractivity contribution is 0.0542. The summed E-state index contributed by atoms with van der Waals surface area (Å²) >= 11 is 0. The molecule has 31 heavy (non-hydrogen) atoms. The van der Waals surface area contributed by atoms with Crippen molar-refractivity contribution in [2.24, 2.45) is 0 Å². The molecule has 0 saturated carbocycles. The van der Waals surface area contributed by atoms with E-state index in [-0.39, 0.29) is 17.8 Å². The van der Waals surface area contributed by atoms with E-state index < -0.39 is 0 Å². The number of hydrogen-bond acceptors (Lipinski definition) is 4. The molecule has 6 nitrogen and oxygen atoms in total. The minimum atomic E-state index is -0.345. The molecule has 0 spiro atoms. The van der Waals surface area contributed by atoms with Crippen LogP contribution in [0.2, 0.25) is 0 Å². The third-order valence-corrected chi connectivity index (χ3v) is 5.90. The van der Waals surface area contributed by atoms with Crippen LogP contribution in [0.5, 0.6) is 0 Å². The zero-order chi connectivity index (χ0) is 21.4. The van der Waals surface area contributed by atoms with Crippen LogP contribution in [0.15, 0.2) is 73.4 Å². The maximum Gasteiger partial charge on any atom is 0.253 e. The number of rotatable bonds is 3. The number of carbonyl (C=O) groups excluding carboxylic acids is 1. The van der Waals surface area contributed by atoms with Gasteiger partial charge in [0.1, 0.15) is 5.82 Å². The van der Waals surface area contributed by atoms with Gasteiger partial charge in [-0.2, -0.15) is 0 Å². The van der Waals surface area contributed by atoms with Crippen LogP contribution in [-0.2, 0) is 0 Å². The number of likely N-dealkylation sites (N-methyl/N-ethyl adjacent to an activating group) is 1. The standard InChI is InChI=1S/C24H22FN5O/c1-28-11-12-29(24(31)17-4-7-20(25)8-5-17)15-22(28)23-21-9-6-19(14-30(21)16-27-23)18-3-2-10-26-13-18/h2-10,13-14,16,22H,11-12,15H2,1H3. The quantitative estimate of drug-likeness (QED) is 0.512. The largest absolute Gasteiger partial charge is 0.335 e. The Morgan fingerprint density at radius 1 is 1.06 bits per heavy atom. The number of hydrogen-bond donors (Lipinski definition) is 0. The first kappa shape index (κ1) is 19.4. The maximum atomic E-state index is 13.2. The zero-order valence-electron chi connectivity index (χ0n) is 17.1. The Balaban J connectivity index is 1.43. The van der Waals surface area contributed by atoms with Gasteiger partial charge in [-0.3, -0.25) is 14.7 Å². The lowest BCUT2D eigenvalue weighted by Crippen LogP contribution is -2.49. The predicted molar refractivity (Wildman–Crippen MR) is 116 cm³/mol. The molecule has 1 fully saturated rings. The van der Waals surface area contributed by atoms with Crippen molar-refractivity contribution in [3.05, 3.63) is 90.5 Å². The molecule has 0 bridgehead atoms. The second-order valence-corrected chi connectivity index (χ2v) is 7.84. The van der Waals surface area contributed by atoms with Gasteiger partial charge in [0.25, 0.3) is 5.91 Å². The van der Waals surface area contributed by atoms with Crippen molar-refractivity contribution in [3.8, 4) is 11.1 Å².